The zero-order valence-corrected chi connectivity index (χ0v) is 21.0. The van der Waals surface area contributed by atoms with Gasteiger partial charge in [-0.15, -0.1) is 0 Å². The Morgan fingerprint density at radius 1 is 1.12 bits per heavy atom. The predicted molar refractivity (Wildman–Crippen MR) is 135 cm³/mol. The van der Waals surface area contributed by atoms with Crippen LogP contribution in [0.3, 0.4) is 0 Å². The molecule has 1 aliphatic heterocycles. The van der Waals surface area contributed by atoms with Crippen molar-refractivity contribution in [3.63, 3.8) is 0 Å². The minimum absolute atomic E-state index is 0.0718. The average molecular weight is 485 g/mol. The minimum Gasteiger partial charge on any atom is -0.369 e. The van der Waals surface area contributed by atoms with Crippen molar-refractivity contribution in [1.29, 1.82) is 0 Å². The largest absolute Gasteiger partial charge is 0.369 e. The summed E-state index contributed by atoms with van der Waals surface area (Å²) >= 11 is 0. The summed E-state index contributed by atoms with van der Waals surface area (Å²) in [5.74, 6) is -0.0136. The first kappa shape index (κ1) is 24.5. The highest BCUT2D eigenvalue weighted by atomic mass is 32.2. The van der Waals surface area contributed by atoms with E-state index in [9.17, 15) is 13.2 Å². The first-order valence-corrected chi connectivity index (χ1v) is 13.7. The van der Waals surface area contributed by atoms with E-state index >= 15 is 4.39 Å². The molecular formula is C27H33FN2O3S. The number of anilines is 1. The number of unbranched alkanes of at least 4 members (excludes halogenated alkanes) is 1. The van der Waals surface area contributed by atoms with Gasteiger partial charge in [0.25, 0.3) is 0 Å². The third-order valence-electron chi connectivity index (χ3n) is 6.80. The lowest BCUT2D eigenvalue weighted by atomic mass is 9.99. The van der Waals surface area contributed by atoms with E-state index in [1.54, 1.807) is 18.2 Å². The Morgan fingerprint density at radius 3 is 2.50 bits per heavy atom. The molecule has 0 N–H and O–H groups in total. The van der Waals surface area contributed by atoms with Gasteiger partial charge in [-0.05, 0) is 61.4 Å². The number of fused-ring (bicyclic) bond motifs is 1. The van der Waals surface area contributed by atoms with Crippen LogP contribution in [0.25, 0.3) is 10.9 Å². The van der Waals surface area contributed by atoms with Gasteiger partial charge in [0.2, 0.25) is 15.3 Å². The smallest absolute Gasteiger partial charge is 0.211 e. The lowest BCUT2D eigenvalue weighted by Gasteiger charge is -2.33. The number of benzene rings is 2. The molecule has 2 aromatic carbocycles. The second-order valence-corrected chi connectivity index (χ2v) is 11.3. The van der Waals surface area contributed by atoms with Crippen LogP contribution in [-0.4, -0.2) is 26.1 Å². The quantitative estimate of drug-likeness (QED) is 0.440. The summed E-state index contributed by atoms with van der Waals surface area (Å²) in [4.78, 5) is 15.2. The van der Waals surface area contributed by atoms with Gasteiger partial charge in [0.05, 0.1) is 21.5 Å². The number of aryl methyl sites for hydroxylation is 2. The topological polar surface area (TPSA) is 59.4 Å². The van der Waals surface area contributed by atoms with Crippen molar-refractivity contribution < 1.29 is 12.8 Å². The second kappa shape index (κ2) is 9.90. The fourth-order valence-electron chi connectivity index (χ4n) is 4.76. The maximum absolute atomic E-state index is 15.3. The van der Waals surface area contributed by atoms with Crippen molar-refractivity contribution >= 4 is 26.4 Å². The van der Waals surface area contributed by atoms with E-state index in [4.69, 9.17) is 0 Å². The van der Waals surface area contributed by atoms with Gasteiger partial charge >= 0.3 is 0 Å². The molecule has 3 aromatic rings. The van der Waals surface area contributed by atoms with Crippen LogP contribution in [0.1, 0.15) is 52.0 Å². The van der Waals surface area contributed by atoms with E-state index in [1.807, 2.05) is 16.4 Å². The van der Waals surface area contributed by atoms with E-state index in [2.05, 4.69) is 13.8 Å². The second-order valence-electron chi connectivity index (χ2n) is 9.38. The fourth-order valence-corrected chi connectivity index (χ4v) is 6.13. The number of hydrogen-bond donors (Lipinski definition) is 0. The van der Waals surface area contributed by atoms with Crippen LogP contribution in [0.4, 0.5) is 10.1 Å². The Morgan fingerprint density at radius 2 is 1.85 bits per heavy atom. The molecule has 4 rings (SSSR count). The van der Waals surface area contributed by atoms with Crippen LogP contribution in [0.5, 0.6) is 0 Å². The molecule has 0 unspecified atom stereocenters. The van der Waals surface area contributed by atoms with Crippen molar-refractivity contribution in [2.75, 3.05) is 18.0 Å². The summed E-state index contributed by atoms with van der Waals surface area (Å²) in [6.45, 7) is 8.29. The molecular weight excluding hydrogens is 451 g/mol. The van der Waals surface area contributed by atoms with E-state index in [-0.39, 0.29) is 15.2 Å². The van der Waals surface area contributed by atoms with Gasteiger partial charge in [0, 0.05) is 25.8 Å². The number of nitrogens with zero attached hydrogens (tertiary/aromatic N) is 2. The maximum Gasteiger partial charge on any atom is 0.211 e. The van der Waals surface area contributed by atoms with Gasteiger partial charge in [-0.2, -0.15) is 0 Å². The van der Waals surface area contributed by atoms with Crippen LogP contribution in [-0.2, 0) is 22.8 Å². The molecule has 1 saturated heterocycles. The number of pyridine rings is 1. The van der Waals surface area contributed by atoms with Crippen molar-refractivity contribution in [2.24, 2.45) is 5.92 Å². The molecule has 0 amide bonds. The fraction of sp³-hybridized carbons (Fsp3) is 0.444. The molecule has 0 aliphatic carbocycles. The third kappa shape index (κ3) is 4.63. The Hall–Kier alpha value is -2.67. The normalized spacial score (nSPS) is 16.8. The highest BCUT2D eigenvalue weighted by Crippen LogP contribution is 2.30. The van der Waals surface area contributed by atoms with Gasteiger partial charge in [-0.1, -0.05) is 39.3 Å². The summed E-state index contributed by atoms with van der Waals surface area (Å²) in [6.07, 6.45) is 6.08. The number of piperidine rings is 1. The maximum atomic E-state index is 15.3. The van der Waals surface area contributed by atoms with Gasteiger partial charge < -0.3 is 9.47 Å². The molecule has 1 fully saturated rings. The molecule has 182 valence electrons. The van der Waals surface area contributed by atoms with Gasteiger partial charge in [0.15, 0.2) is 0 Å². The molecule has 1 atom stereocenters. The molecule has 7 heteroatoms. The highest BCUT2D eigenvalue weighted by Gasteiger charge is 2.26. The van der Waals surface area contributed by atoms with Crippen LogP contribution in [0.15, 0.2) is 57.2 Å². The number of rotatable bonds is 7. The summed E-state index contributed by atoms with van der Waals surface area (Å²) in [7, 11) is -4.05. The molecule has 0 radical (unpaired) electrons. The first-order valence-electron chi connectivity index (χ1n) is 12.2. The molecule has 34 heavy (non-hydrogen) atoms. The van der Waals surface area contributed by atoms with Crippen molar-refractivity contribution in [2.45, 2.75) is 69.2 Å². The Labute approximate surface area is 201 Å². The van der Waals surface area contributed by atoms with Crippen LogP contribution in [0.2, 0.25) is 0 Å². The summed E-state index contributed by atoms with van der Waals surface area (Å²) in [5.41, 5.74) is 1.42. The molecule has 1 aromatic heterocycles. The monoisotopic (exact) mass is 484 g/mol. The zero-order valence-electron chi connectivity index (χ0n) is 20.2. The molecule has 0 bridgehead atoms. The van der Waals surface area contributed by atoms with Gasteiger partial charge in [-0.25, -0.2) is 12.8 Å². The van der Waals surface area contributed by atoms with Crippen LogP contribution < -0.4 is 10.3 Å². The van der Waals surface area contributed by atoms with Crippen LogP contribution in [0, 0.1) is 11.7 Å². The van der Waals surface area contributed by atoms with Crippen LogP contribution >= 0.6 is 0 Å². The minimum atomic E-state index is -4.05. The number of sulfone groups is 1. The summed E-state index contributed by atoms with van der Waals surface area (Å²) in [5, 5.41) is 0.105. The lowest BCUT2D eigenvalue weighted by Crippen LogP contribution is -2.35. The SMILES string of the molecule is CCCCn1cc(S(=O)(=O)c2ccc(CC)cc2)c(=O)c2cc(F)c(N3CCC[C@@H](C)C3)cc21. The first-order chi connectivity index (χ1) is 16.3. The van der Waals surface area contributed by atoms with E-state index < -0.39 is 21.1 Å². The lowest BCUT2D eigenvalue weighted by molar-refractivity contribution is 0.442. The molecule has 5 nitrogen and oxygen atoms in total. The van der Waals surface area contributed by atoms with Gasteiger partial charge in [-0.3, -0.25) is 4.79 Å². The molecule has 0 spiro atoms. The predicted octanol–water partition coefficient (Wildman–Crippen LogP) is 5.57. The highest BCUT2D eigenvalue weighted by molar-refractivity contribution is 7.91. The number of aromatic nitrogens is 1. The van der Waals surface area contributed by atoms with E-state index in [0.29, 0.717) is 23.7 Å². The standard InChI is InChI=1S/C27H33FN2O3S/c1-4-6-13-30-18-26(34(32,33)21-11-9-20(5-2)10-12-21)27(31)22-15-23(28)25(16-24(22)30)29-14-7-8-19(3)17-29/h9-12,15-16,18-19H,4-8,13-14,17H2,1-3H3/t19-/m1/s1. The average Bonchev–Trinajstić information content (AvgIpc) is 2.83. The molecule has 1 aliphatic rings. The third-order valence-corrected chi connectivity index (χ3v) is 8.56. The Bertz CT molecular complexity index is 1350. The molecule has 2 heterocycles. The number of halogens is 1. The zero-order chi connectivity index (χ0) is 24.5. The van der Waals surface area contributed by atoms with E-state index in [0.717, 1.165) is 50.8 Å². The Balaban J connectivity index is 1.90. The Kier molecular flexibility index (Phi) is 7.12. The number of hydrogen-bond acceptors (Lipinski definition) is 4. The van der Waals surface area contributed by atoms with Crippen molar-refractivity contribution in [3.05, 3.63) is 64.2 Å². The summed E-state index contributed by atoms with van der Waals surface area (Å²) in [6, 6.07) is 9.55. The van der Waals surface area contributed by atoms with Gasteiger partial charge in [0.1, 0.15) is 10.7 Å². The molecule has 0 saturated carbocycles. The summed E-state index contributed by atoms with van der Waals surface area (Å²) < 4.78 is 44.0. The van der Waals surface area contributed by atoms with Crippen molar-refractivity contribution in [3.8, 4) is 0 Å². The van der Waals surface area contributed by atoms with Crippen molar-refractivity contribution in [1.82, 2.24) is 4.57 Å². The van der Waals surface area contributed by atoms with E-state index in [1.165, 1.54) is 24.4 Å².